The predicted molar refractivity (Wildman–Crippen MR) is 112 cm³/mol. The van der Waals surface area contributed by atoms with Crippen molar-refractivity contribution in [1.29, 1.82) is 0 Å². The van der Waals surface area contributed by atoms with Gasteiger partial charge in [0.05, 0.1) is 29.2 Å². The van der Waals surface area contributed by atoms with E-state index in [4.69, 9.17) is 10.5 Å². The molecule has 29 heavy (non-hydrogen) atoms. The summed E-state index contributed by atoms with van der Waals surface area (Å²) in [7, 11) is 0.474. The summed E-state index contributed by atoms with van der Waals surface area (Å²) in [5.41, 5.74) is 6.71. The van der Waals surface area contributed by atoms with Gasteiger partial charge < -0.3 is 15.8 Å². The van der Waals surface area contributed by atoms with Crippen molar-refractivity contribution in [2.45, 2.75) is 25.8 Å². The predicted octanol–water partition coefficient (Wildman–Crippen LogP) is 2.52. The van der Waals surface area contributed by atoms with Crippen LogP contribution in [-0.2, 0) is 11.0 Å². The molecule has 9 heteroatoms. The van der Waals surface area contributed by atoms with Crippen LogP contribution < -0.4 is 15.8 Å². The number of halogens is 1. The first kappa shape index (κ1) is 21.2. The van der Waals surface area contributed by atoms with Crippen molar-refractivity contribution in [3.8, 4) is 5.75 Å². The third kappa shape index (κ3) is 4.73. The molecule has 0 aliphatic carbocycles. The molecule has 0 spiro atoms. The lowest BCUT2D eigenvalue weighted by molar-refractivity contribution is 0.103. The maximum absolute atomic E-state index is 14.0. The molecule has 156 valence electrons. The van der Waals surface area contributed by atoms with Crippen LogP contribution in [0.1, 0.15) is 34.3 Å². The summed E-state index contributed by atoms with van der Waals surface area (Å²) in [5.74, 6) is -0.0165. The molecular weight excluding hydrogens is 395 g/mol. The van der Waals surface area contributed by atoms with Crippen molar-refractivity contribution < 1.29 is 18.1 Å². The van der Waals surface area contributed by atoms with Gasteiger partial charge in [-0.3, -0.25) is 4.79 Å². The molecule has 3 rings (SSSR count). The van der Waals surface area contributed by atoms with E-state index in [1.807, 2.05) is 4.31 Å². The normalized spacial score (nSPS) is 16.4. The monoisotopic (exact) mass is 420 g/mol. The lowest BCUT2D eigenvalue weighted by atomic mass is 10.0. The molecule has 2 aromatic rings. The first-order valence-electron chi connectivity index (χ1n) is 9.30. The molecule has 0 bridgehead atoms. The lowest BCUT2D eigenvalue weighted by Crippen LogP contribution is -2.39. The zero-order valence-corrected chi connectivity index (χ0v) is 17.5. The van der Waals surface area contributed by atoms with Crippen LogP contribution in [0.3, 0.4) is 0 Å². The van der Waals surface area contributed by atoms with Gasteiger partial charge in [-0.05, 0) is 49.6 Å². The van der Waals surface area contributed by atoms with Crippen molar-refractivity contribution in [2.75, 3.05) is 37.5 Å². The lowest BCUT2D eigenvalue weighted by Gasteiger charge is -2.30. The molecule has 1 saturated heterocycles. The highest BCUT2D eigenvalue weighted by atomic mass is 32.2. The van der Waals surface area contributed by atoms with Gasteiger partial charge in [-0.2, -0.15) is 0 Å². The molecule has 2 heterocycles. The maximum atomic E-state index is 14.0. The molecule has 3 N–H and O–H groups in total. The van der Waals surface area contributed by atoms with E-state index in [0.29, 0.717) is 11.4 Å². The molecule has 0 saturated carbocycles. The zero-order chi connectivity index (χ0) is 21.1. The number of nitrogens with two attached hydrogens (primary N) is 1. The molecule has 1 aromatic carbocycles. The number of hydrogen-bond acceptors (Lipinski definition) is 6. The van der Waals surface area contributed by atoms with E-state index in [-0.39, 0.29) is 28.7 Å². The molecule has 1 fully saturated rings. The number of aromatic nitrogens is 1. The Hall–Kier alpha value is -2.52. The van der Waals surface area contributed by atoms with Gasteiger partial charge in [0.1, 0.15) is 23.2 Å². The van der Waals surface area contributed by atoms with E-state index < -0.39 is 22.6 Å². The van der Waals surface area contributed by atoms with Gasteiger partial charge in [-0.1, -0.05) is 0 Å². The minimum Gasteiger partial charge on any atom is -0.496 e. The second-order valence-electron chi connectivity index (χ2n) is 7.03. The van der Waals surface area contributed by atoms with Crippen molar-refractivity contribution in [2.24, 2.45) is 0 Å². The number of nitrogen functional groups attached to an aromatic ring is 1. The Bertz CT molecular complexity index is 946. The Kier molecular flexibility index (Phi) is 6.49. The molecule has 1 atom stereocenters. The Morgan fingerprint density at radius 1 is 1.31 bits per heavy atom. The van der Waals surface area contributed by atoms with Crippen LogP contribution in [0.5, 0.6) is 5.75 Å². The first-order valence-corrected chi connectivity index (χ1v) is 10.8. The Morgan fingerprint density at radius 3 is 2.59 bits per heavy atom. The van der Waals surface area contributed by atoms with Crippen molar-refractivity contribution in [1.82, 2.24) is 9.29 Å². The minimum absolute atomic E-state index is 0.0649. The number of carbonyl (C=O) groups is 1. The van der Waals surface area contributed by atoms with Gasteiger partial charge in [0.2, 0.25) is 5.78 Å². The van der Waals surface area contributed by atoms with E-state index >= 15 is 0 Å². The summed E-state index contributed by atoms with van der Waals surface area (Å²) >= 11 is 0. The smallest absolute Gasteiger partial charge is 0.200 e. The number of ketones is 1. The van der Waals surface area contributed by atoms with E-state index in [1.165, 1.54) is 13.2 Å². The molecule has 7 nitrogen and oxygen atoms in total. The average molecular weight is 421 g/mol. The highest BCUT2D eigenvalue weighted by Crippen LogP contribution is 2.27. The van der Waals surface area contributed by atoms with E-state index in [2.05, 4.69) is 10.3 Å². The molecule has 1 aliphatic rings. The number of pyridine rings is 1. The van der Waals surface area contributed by atoms with E-state index in [1.54, 1.807) is 25.3 Å². The SMILES string of the molecule is COc1cc(C)c(F)cc1C(=O)c1ccc(NC2CCN(S(C)=O)CC2)nc1N. The highest BCUT2D eigenvalue weighted by Gasteiger charge is 2.23. The molecule has 0 radical (unpaired) electrons. The fourth-order valence-corrected chi connectivity index (χ4v) is 4.09. The number of nitrogens with one attached hydrogen (secondary N) is 1. The maximum Gasteiger partial charge on any atom is 0.200 e. The summed E-state index contributed by atoms with van der Waals surface area (Å²) in [4.78, 5) is 17.2. The van der Waals surface area contributed by atoms with Gasteiger partial charge in [0.25, 0.3) is 0 Å². The van der Waals surface area contributed by atoms with Crippen LogP contribution in [0.4, 0.5) is 16.0 Å². The number of rotatable bonds is 6. The summed E-state index contributed by atoms with van der Waals surface area (Å²) in [6.07, 6.45) is 3.35. The standard InChI is InChI=1S/C20H25FN4O3S/c1-12-10-17(28-2)15(11-16(12)21)19(26)14-4-5-18(24-20(14)22)23-13-6-8-25(9-7-13)29(3)27/h4-5,10-11,13H,6-9H2,1-3H3,(H3,22,23,24). The van der Waals surface area contributed by atoms with Gasteiger partial charge in [0.15, 0.2) is 0 Å². The number of piperidine rings is 1. The average Bonchev–Trinajstić information content (AvgIpc) is 2.69. The van der Waals surface area contributed by atoms with Gasteiger partial charge in [0, 0.05) is 25.4 Å². The Balaban J connectivity index is 1.76. The number of carbonyl (C=O) groups excluding carboxylic acids is 1. The summed E-state index contributed by atoms with van der Waals surface area (Å²) in [6.45, 7) is 3.09. The first-order chi connectivity index (χ1) is 13.8. The van der Waals surface area contributed by atoms with Crippen LogP contribution in [-0.4, -0.2) is 51.8 Å². The number of aryl methyl sites for hydroxylation is 1. The van der Waals surface area contributed by atoms with E-state index in [9.17, 15) is 13.4 Å². The zero-order valence-electron chi connectivity index (χ0n) is 16.7. The van der Waals surface area contributed by atoms with Crippen LogP contribution in [0.25, 0.3) is 0 Å². The summed E-state index contributed by atoms with van der Waals surface area (Å²) < 4.78 is 32.7. The molecular formula is C20H25FN4O3S. The summed E-state index contributed by atoms with van der Waals surface area (Å²) in [5, 5.41) is 3.31. The quantitative estimate of drug-likeness (QED) is 0.697. The van der Waals surface area contributed by atoms with Gasteiger partial charge in [-0.15, -0.1) is 0 Å². The number of anilines is 2. The second-order valence-corrected chi connectivity index (χ2v) is 8.40. The Morgan fingerprint density at radius 2 is 2.00 bits per heavy atom. The third-order valence-electron chi connectivity index (χ3n) is 5.06. The summed E-state index contributed by atoms with van der Waals surface area (Å²) in [6, 6.07) is 6.10. The molecule has 1 aromatic heterocycles. The number of nitrogens with zero attached hydrogens (tertiary/aromatic N) is 2. The van der Waals surface area contributed by atoms with Crippen LogP contribution >= 0.6 is 0 Å². The van der Waals surface area contributed by atoms with Gasteiger partial charge in [-0.25, -0.2) is 17.9 Å². The van der Waals surface area contributed by atoms with Crippen LogP contribution in [0, 0.1) is 12.7 Å². The van der Waals surface area contributed by atoms with Gasteiger partial charge >= 0.3 is 0 Å². The topological polar surface area (TPSA) is 97.5 Å². The fourth-order valence-electron chi connectivity index (χ4n) is 3.36. The number of hydrogen-bond donors (Lipinski definition) is 2. The second kappa shape index (κ2) is 8.87. The van der Waals surface area contributed by atoms with Crippen molar-refractivity contribution in [3.05, 3.63) is 46.8 Å². The number of ether oxygens (including phenoxy) is 1. The van der Waals surface area contributed by atoms with Crippen molar-refractivity contribution in [3.63, 3.8) is 0 Å². The fraction of sp³-hybridized carbons (Fsp3) is 0.400. The third-order valence-corrected chi connectivity index (χ3v) is 6.16. The highest BCUT2D eigenvalue weighted by molar-refractivity contribution is 7.81. The number of methoxy groups -OCH3 is 1. The van der Waals surface area contributed by atoms with E-state index in [0.717, 1.165) is 32.0 Å². The minimum atomic E-state index is -0.954. The molecule has 0 amide bonds. The Labute approximate surface area is 172 Å². The molecule has 1 unspecified atom stereocenters. The van der Waals surface area contributed by atoms with Crippen molar-refractivity contribution >= 4 is 28.4 Å². The molecule has 1 aliphatic heterocycles. The largest absolute Gasteiger partial charge is 0.496 e. The number of benzene rings is 1. The van der Waals surface area contributed by atoms with Crippen LogP contribution in [0.15, 0.2) is 24.3 Å². The van der Waals surface area contributed by atoms with Crippen LogP contribution in [0.2, 0.25) is 0 Å².